The molecule has 26 heavy (non-hydrogen) atoms. The van der Waals surface area contributed by atoms with Crippen molar-refractivity contribution in [1.82, 2.24) is 14.5 Å². The third-order valence-electron chi connectivity index (χ3n) is 4.30. The van der Waals surface area contributed by atoms with Crippen molar-refractivity contribution in [2.75, 3.05) is 18.9 Å². The smallest absolute Gasteiger partial charge is 0.354 e. The van der Waals surface area contributed by atoms with E-state index in [1.807, 2.05) is 0 Å². The lowest BCUT2D eigenvalue weighted by Crippen LogP contribution is -2.43. The molecule has 2 fully saturated rings. The highest BCUT2D eigenvalue weighted by Gasteiger charge is 2.51. The lowest BCUT2D eigenvalue weighted by Gasteiger charge is -2.26. The Balaban J connectivity index is 1.85. The van der Waals surface area contributed by atoms with Crippen LogP contribution in [0.2, 0.25) is 0 Å². The summed E-state index contributed by atoms with van der Waals surface area (Å²) < 4.78 is 17.1. The van der Waals surface area contributed by atoms with Crippen LogP contribution in [0.15, 0.2) is 11.1 Å². The molecule has 7 N–H and O–H groups in total. The molecule has 0 aliphatic carbocycles. The van der Waals surface area contributed by atoms with Gasteiger partial charge in [0.25, 0.3) is 0 Å². The molecule has 3 rings (SSSR count). The second-order valence-corrected chi connectivity index (χ2v) is 5.95. The van der Waals surface area contributed by atoms with Crippen LogP contribution >= 0.6 is 0 Å². The molecule has 8 atom stereocenters. The predicted molar refractivity (Wildman–Crippen MR) is 80.3 cm³/mol. The van der Waals surface area contributed by atoms with Gasteiger partial charge in [-0.2, -0.15) is 4.98 Å². The van der Waals surface area contributed by atoms with E-state index >= 15 is 0 Å². The van der Waals surface area contributed by atoms with Gasteiger partial charge in [-0.25, -0.2) is 9.78 Å². The highest BCUT2D eigenvalue weighted by Crippen LogP contribution is 2.34. The third kappa shape index (κ3) is 3.30. The second-order valence-electron chi connectivity index (χ2n) is 5.95. The van der Waals surface area contributed by atoms with Crippen LogP contribution in [0, 0.1) is 0 Å². The van der Waals surface area contributed by atoms with E-state index in [2.05, 4.69) is 9.97 Å². The van der Waals surface area contributed by atoms with Gasteiger partial charge < -0.3 is 45.5 Å². The number of anilines is 1. The molecule has 0 saturated carbocycles. The molecule has 0 unspecified atom stereocenters. The predicted octanol–water partition coefficient (Wildman–Crippen LogP) is -4.70. The Morgan fingerprint density at radius 2 is 1.77 bits per heavy atom. The van der Waals surface area contributed by atoms with Crippen LogP contribution in [-0.2, 0) is 14.2 Å². The van der Waals surface area contributed by atoms with E-state index in [-0.39, 0.29) is 5.95 Å². The molecule has 146 valence electrons. The van der Waals surface area contributed by atoms with Crippen molar-refractivity contribution in [2.45, 2.75) is 49.1 Å². The first kappa shape index (κ1) is 19.1. The van der Waals surface area contributed by atoms with E-state index in [0.29, 0.717) is 0 Å². The van der Waals surface area contributed by atoms with Gasteiger partial charge in [0.2, 0.25) is 5.95 Å². The SMILES string of the molecule is Nc1ncn([C@@H]2O[C@H](CO)[C@H](O)[C@@H]2O[C@@H]2O[C@H](CO)[C@H](O)[C@@H]2O)c(=O)n1. The zero-order valence-corrected chi connectivity index (χ0v) is 13.4. The number of aliphatic hydroxyl groups excluding tert-OH is 5. The molecule has 0 amide bonds. The molecule has 0 radical (unpaired) electrons. The van der Waals surface area contributed by atoms with Crippen LogP contribution in [0.4, 0.5) is 5.95 Å². The highest BCUT2D eigenvalue weighted by atomic mass is 16.7. The minimum Gasteiger partial charge on any atom is -0.394 e. The van der Waals surface area contributed by atoms with Crippen molar-refractivity contribution in [3.63, 3.8) is 0 Å². The summed E-state index contributed by atoms with van der Waals surface area (Å²) in [5.74, 6) is -0.260. The third-order valence-corrected chi connectivity index (χ3v) is 4.30. The largest absolute Gasteiger partial charge is 0.394 e. The van der Waals surface area contributed by atoms with Crippen LogP contribution in [0.5, 0.6) is 0 Å². The van der Waals surface area contributed by atoms with E-state index in [1.54, 1.807) is 0 Å². The van der Waals surface area contributed by atoms with E-state index in [4.69, 9.17) is 25.1 Å². The molecule has 2 aliphatic rings. The molecular weight excluding hydrogens is 356 g/mol. The van der Waals surface area contributed by atoms with Gasteiger partial charge in [-0.05, 0) is 0 Å². The van der Waals surface area contributed by atoms with Crippen LogP contribution in [0.25, 0.3) is 0 Å². The second kappa shape index (κ2) is 7.50. The molecule has 2 aliphatic heterocycles. The summed E-state index contributed by atoms with van der Waals surface area (Å²) in [7, 11) is 0. The van der Waals surface area contributed by atoms with Gasteiger partial charge in [0.05, 0.1) is 13.2 Å². The number of hydrogen-bond donors (Lipinski definition) is 6. The normalized spacial score (nSPS) is 40.2. The van der Waals surface area contributed by atoms with Crippen LogP contribution in [0.3, 0.4) is 0 Å². The fraction of sp³-hybridized carbons (Fsp3) is 0.769. The van der Waals surface area contributed by atoms with Gasteiger partial charge in [-0.3, -0.25) is 4.57 Å². The Labute approximate surface area is 146 Å². The maximum Gasteiger partial charge on any atom is 0.354 e. The fourth-order valence-electron chi connectivity index (χ4n) is 2.90. The van der Waals surface area contributed by atoms with E-state index < -0.39 is 68.0 Å². The number of ether oxygens (including phenoxy) is 3. The maximum atomic E-state index is 12.0. The number of nitrogen functional groups attached to an aromatic ring is 1. The number of rotatable bonds is 5. The number of nitrogens with two attached hydrogens (primary N) is 1. The molecule has 1 aromatic heterocycles. The molecular formula is C13H20N4O9. The Morgan fingerprint density at radius 1 is 1.12 bits per heavy atom. The minimum absolute atomic E-state index is 0.260. The summed E-state index contributed by atoms with van der Waals surface area (Å²) in [4.78, 5) is 19.2. The zero-order chi connectivity index (χ0) is 19.0. The summed E-state index contributed by atoms with van der Waals surface area (Å²) in [5, 5.41) is 48.6. The van der Waals surface area contributed by atoms with Crippen molar-refractivity contribution in [2.24, 2.45) is 0 Å². The molecule has 1 aromatic rings. The molecule has 0 aromatic carbocycles. The van der Waals surface area contributed by atoms with Gasteiger partial charge >= 0.3 is 5.69 Å². The molecule has 3 heterocycles. The molecule has 13 heteroatoms. The lowest BCUT2D eigenvalue weighted by atomic mass is 10.1. The molecule has 13 nitrogen and oxygen atoms in total. The average Bonchev–Trinajstić information content (AvgIpc) is 3.07. The monoisotopic (exact) mass is 376 g/mol. The first-order chi connectivity index (χ1) is 12.4. The van der Waals surface area contributed by atoms with Crippen LogP contribution in [0.1, 0.15) is 6.23 Å². The first-order valence-corrected chi connectivity index (χ1v) is 7.80. The van der Waals surface area contributed by atoms with Gasteiger partial charge in [0.15, 0.2) is 12.5 Å². The Kier molecular flexibility index (Phi) is 5.50. The quantitative estimate of drug-likeness (QED) is 0.287. The lowest BCUT2D eigenvalue weighted by molar-refractivity contribution is -0.220. The van der Waals surface area contributed by atoms with Crippen molar-refractivity contribution in [3.05, 3.63) is 16.8 Å². The summed E-state index contributed by atoms with van der Waals surface area (Å²) in [6.45, 7) is -1.13. The summed E-state index contributed by atoms with van der Waals surface area (Å²) >= 11 is 0. The molecule has 2 saturated heterocycles. The number of aliphatic hydroxyl groups is 5. The Hall–Kier alpha value is -1.71. The number of nitrogens with zero attached hydrogens (tertiary/aromatic N) is 3. The highest BCUT2D eigenvalue weighted by molar-refractivity contribution is 5.10. The van der Waals surface area contributed by atoms with Gasteiger partial charge in [-0.1, -0.05) is 0 Å². The Morgan fingerprint density at radius 3 is 2.35 bits per heavy atom. The van der Waals surface area contributed by atoms with Crippen molar-refractivity contribution < 1.29 is 39.7 Å². The maximum absolute atomic E-state index is 12.0. The first-order valence-electron chi connectivity index (χ1n) is 7.80. The van der Waals surface area contributed by atoms with Crippen LogP contribution in [-0.4, -0.2) is 96.2 Å². The minimum atomic E-state index is -1.51. The molecule has 0 spiro atoms. The van der Waals surface area contributed by atoms with Crippen LogP contribution < -0.4 is 11.4 Å². The van der Waals surface area contributed by atoms with E-state index in [0.717, 1.165) is 10.9 Å². The van der Waals surface area contributed by atoms with Crippen molar-refractivity contribution in [1.29, 1.82) is 0 Å². The summed E-state index contributed by atoms with van der Waals surface area (Å²) in [6.07, 6.45) is -9.37. The van der Waals surface area contributed by atoms with Crippen molar-refractivity contribution in [3.8, 4) is 0 Å². The average molecular weight is 376 g/mol. The number of hydrogen-bond acceptors (Lipinski definition) is 12. The summed E-state index contributed by atoms with van der Waals surface area (Å²) in [6, 6.07) is 0. The van der Waals surface area contributed by atoms with E-state index in [1.165, 1.54) is 0 Å². The van der Waals surface area contributed by atoms with Gasteiger partial charge in [0.1, 0.15) is 43.0 Å². The molecule has 0 bridgehead atoms. The Bertz CT molecular complexity index is 688. The van der Waals surface area contributed by atoms with Gasteiger partial charge in [-0.15, -0.1) is 0 Å². The van der Waals surface area contributed by atoms with Crippen molar-refractivity contribution >= 4 is 5.95 Å². The zero-order valence-electron chi connectivity index (χ0n) is 13.4. The topological polar surface area (TPSA) is 203 Å². The fourth-order valence-corrected chi connectivity index (χ4v) is 2.90. The van der Waals surface area contributed by atoms with E-state index in [9.17, 15) is 25.2 Å². The standard InChI is InChI=1S/C13H20N4O9/c14-12-15-3-17(13(23)16-12)10-9(7(21)5(2-19)24-10)26-11-8(22)6(20)4(1-18)25-11/h3-11,18-22H,1-2H2,(H2,14,16,23)/t4-,5-,6+,7+,8+,9+,10-,11+/m1/s1. The summed E-state index contributed by atoms with van der Waals surface area (Å²) in [5.41, 5.74) is 4.51. The number of aromatic nitrogens is 3. The van der Waals surface area contributed by atoms with Gasteiger partial charge in [0, 0.05) is 0 Å².